The minimum Gasteiger partial charge on any atom is -0.492 e. The predicted molar refractivity (Wildman–Crippen MR) is 127 cm³/mol. The molecule has 0 saturated carbocycles. The fourth-order valence-corrected chi connectivity index (χ4v) is 4.19. The van der Waals surface area contributed by atoms with Gasteiger partial charge in [0.05, 0.1) is 17.1 Å². The van der Waals surface area contributed by atoms with Crippen LogP contribution in [0.3, 0.4) is 0 Å². The molecule has 0 bridgehead atoms. The van der Waals surface area contributed by atoms with Crippen LogP contribution in [0.2, 0.25) is 5.02 Å². The standard InChI is InChI=1S/C24H25ClN2O4S/c1-16-4-10-21(11-5-16)32(29,30)27-23-14-19(8-6-18(23)3)24(28)26-12-13-31-20-9-7-17(2)22(25)15-20/h4-11,14-15,27H,12-13H2,1-3H3,(H,26,28). The number of halogens is 1. The number of rotatable bonds is 8. The Bertz CT molecular complexity index is 1230. The van der Waals surface area contributed by atoms with Crippen LogP contribution in [0.15, 0.2) is 65.6 Å². The molecule has 0 radical (unpaired) electrons. The Labute approximate surface area is 193 Å². The van der Waals surface area contributed by atoms with Gasteiger partial charge >= 0.3 is 0 Å². The summed E-state index contributed by atoms with van der Waals surface area (Å²) in [4.78, 5) is 12.7. The van der Waals surface area contributed by atoms with Crippen molar-refractivity contribution >= 4 is 33.2 Å². The normalized spacial score (nSPS) is 11.1. The number of sulfonamides is 1. The summed E-state index contributed by atoms with van der Waals surface area (Å²) < 4.78 is 33.6. The van der Waals surface area contributed by atoms with Crippen LogP contribution in [0, 0.1) is 20.8 Å². The minimum absolute atomic E-state index is 0.158. The molecule has 0 aromatic heterocycles. The summed E-state index contributed by atoms with van der Waals surface area (Å²) in [7, 11) is -3.77. The molecular weight excluding hydrogens is 448 g/mol. The van der Waals surface area contributed by atoms with E-state index in [1.807, 2.05) is 26.0 Å². The summed E-state index contributed by atoms with van der Waals surface area (Å²) in [5, 5.41) is 3.39. The van der Waals surface area contributed by atoms with Crippen LogP contribution in [0.5, 0.6) is 5.75 Å². The van der Waals surface area contributed by atoms with E-state index in [9.17, 15) is 13.2 Å². The van der Waals surface area contributed by atoms with Gasteiger partial charge in [-0.3, -0.25) is 9.52 Å². The highest BCUT2D eigenvalue weighted by atomic mass is 35.5. The number of anilines is 1. The number of benzene rings is 3. The highest BCUT2D eigenvalue weighted by molar-refractivity contribution is 7.92. The van der Waals surface area contributed by atoms with Gasteiger partial charge in [0.25, 0.3) is 15.9 Å². The van der Waals surface area contributed by atoms with Gasteiger partial charge in [-0.25, -0.2) is 8.42 Å². The first kappa shape index (κ1) is 23.6. The predicted octanol–water partition coefficient (Wildman–Crippen LogP) is 4.87. The molecule has 0 aliphatic heterocycles. The van der Waals surface area contributed by atoms with Crippen LogP contribution >= 0.6 is 11.6 Å². The molecule has 0 unspecified atom stereocenters. The Morgan fingerprint density at radius 2 is 1.62 bits per heavy atom. The molecule has 0 spiro atoms. The number of carbonyl (C=O) groups is 1. The third kappa shape index (κ3) is 6.02. The van der Waals surface area contributed by atoms with Crippen molar-refractivity contribution < 1.29 is 17.9 Å². The maximum atomic E-state index is 12.7. The second-order valence-electron chi connectivity index (χ2n) is 7.46. The smallest absolute Gasteiger partial charge is 0.261 e. The van der Waals surface area contributed by atoms with E-state index in [0.29, 0.717) is 27.6 Å². The molecule has 6 nitrogen and oxygen atoms in total. The van der Waals surface area contributed by atoms with Gasteiger partial charge in [0.2, 0.25) is 0 Å². The van der Waals surface area contributed by atoms with Gasteiger partial charge in [0, 0.05) is 10.6 Å². The Hall–Kier alpha value is -3.03. The largest absolute Gasteiger partial charge is 0.492 e. The molecule has 3 aromatic carbocycles. The summed E-state index contributed by atoms with van der Waals surface area (Å²) in [5.41, 5.74) is 3.32. The first-order chi connectivity index (χ1) is 15.2. The lowest BCUT2D eigenvalue weighted by Gasteiger charge is -2.13. The number of carbonyl (C=O) groups excluding carboxylic acids is 1. The number of hydrogen-bond donors (Lipinski definition) is 2. The number of hydrogen-bond acceptors (Lipinski definition) is 4. The molecule has 8 heteroatoms. The van der Waals surface area contributed by atoms with Crippen LogP contribution in [0.4, 0.5) is 5.69 Å². The molecule has 0 saturated heterocycles. The maximum Gasteiger partial charge on any atom is 0.261 e. The molecular formula is C24H25ClN2O4S. The monoisotopic (exact) mass is 472 g/mol. The SMILES string of the molecule is Cc1ccc(S(=O)(=O)Nc2cc(C(=O)NCCOc3ccc(C)c(Cl)c3)ccc2C)cc1. The highest BCUT2D eigenvalue weighted by Gasteiger charge is 2.16. The number of ether oxygens (including phenoxy) is 1. The Morgan fingerprint density at radius 3 is 2.31 bits per heavy atom. The van der Waals surface area contributed by atoms with Crippen molar-refractivity contribution in [1.29, 1.82) is 0 Å². The molecule has 3 aromatic rings. The second-order valence-corrected chi connectivity index (χ2v) is 9.55. The summed E-state index contributed by atoms with van der Waals surface area (Å²) in [6, 6.07) is 16.8. The summed E-state index contributed by atoms with van der Waals surface area (Å²) in [5.74, 6) is 0.296. The van der Waals surface area contributed by atoms with Crippen molar-refractivity contribution in [2.75, 3.05) is 17.9 Å². The fraction of sp³-hybridized carbons (Fsp3) is 0.208. The molecule has 2 N–H and O–H groups in total. The van der Waals surface area contributed by atoms with Crippen molar-refractivity contribution in [3.8, 4) is 5.75 Å². The van der Waals surface area contributed by atoms with E-state index in [-0.39, 0.29) is 24.0 Å². The van der Waals surface area contributed by atoms with Gasteiger partial charge in [-0.05, 0) is 68.3 Å². The second kappa shape index (κ2) is 10.1. The van der Waals surface area contributed by atoms with Crippen LogP contribution in [-0.2, 0) is 10.0 Å². The van der Waals surface area contributed by atoms with Crippen molar-refractivity contribution in [1.82, 2.24) is 5.32 Å². The molecule has 32 heavy (non-hydrogen) atoms. The summed E-state index contributed by atoms with van der Waals surface area (Å²) in [6.45, 7) is 6.11. The molecule has 0 aliphatic rings. The first-order valence-electron chi connectivity index (χ1n) is 10.0. The van der Waals surface area contributed by atoms with Crippen LogP contribution < -0.4 is 14.8 Å². The fourth-order valence-electron chi connectivity index (χ4n) is 2.89. The third-order valence-corrected chi connectivity index (χ3v) is 6.66. The van der Waals surface area contributed by atoms with Crippen LogP contribution in [0.25, 0.3) is 0 Å². The average Bonchev–Trinajstić information content (AvgIpc) is 2.75. The van der Waals surface area contributed by atoms with Crippen molar-refractivity contribution in [3.63, 3.8) is 0 Å². The zero-order chi connectivity index (χ0) is 23.3. The van der Waals surface area contributed by atoms with E-state index in [1.165, 1.54) is 6.07 Å². The molecule has 0 atom stereocenters. The van der Waals surface area contributed by atoms with Crippen molar-refractivity contribution in [2.45, 2.75) is 25.7 Å². The van der Waals surface area contributed by atoms with Gasteiger partial charge in [0.1, 0.15) is 12.4 Å². The number of nitrogens with one attached hydrogen (secondary N) is 2. The first-order valence-corrected chi connectivity index (χ1v) is 11.9. The minimum atomic E-state index is -3.77. The number of amides is 1. The molecule has 0 heterocycles. The van der Waals surface area contributed by atoms with Gasteiger partial charge in [0.15, 0.2) is 0 Å². The Kier molecular flexibility index (Phi) is 7.43. The van der Waals surface area contributed by atoms with Crippen molar-refractivity contribution in [2.24, 2.45) is 0 Å². The lowest BCUT2D eigenvalue weighted by atomic mass is 10.1. The molecule has 1 amide bonds. The van der Waals surface area contributed by atoms with E-state index in [1.54, 1.807) is 49.4 Å². The van der Waals surface area contributed by atoms with E-state index in [2.05, 4.69) is 10.0 Å². The summed E-state index contributed by atoms with van der Waals surface area (Å²) in [6.07, 6.45) is 0. The highest BCUT2D eigenvalue weighted by Crippen LogP contribution is 2.23. The zero-order valence-corrected chi connectivity index (χ0v) is 19.7. The zero-order valence-electron chi connectivity index (χ0n) is 18.1. The lowest BCUT2D eigenvalue weighted by Crippen LogP contribution is -2.28. The quantitative estimate of drug-likeness (QED) is 0.458. The molecule has 3 rings (SSSR count). The summed E-state index contributed by atoms with van der Waals surface area (Å²) >= 11 is 6.08. The molecule has 168 valence electrons. The van der Waals surface area contributed by atoms with Gasteiger partial charge in [-0.15, -0.1) is 0 Å². The van der Waals surface area contributed by atoms with Crippen LogP contribution in [-0.4, -0.2) is 27.5 Å². The van der Waals surface area contributed by atoms with Gasteiger partial charge in [-0.1, -0.05) is 41.4 Å². The average molecular weight is 473 g/mol. The van der Waals surface area contributed by atoms with Crippen LogP contribution in [0.1, 0.15) is 27.0 Å². The molecule has 0 fully saturated rings. The topological polar surface area (TPSA) is 84.5 Å². The van der Waals surface area contributed by atoms with E-state index < -0.39 is 10.0 Å². The number of aryl methyl sites for hydroxylation is 3. The van der Waals surface area contributed by atoms with E-state index in [0.717, 1.165) is 11.1 Å². The third-order valence-electron chi connectivity index (χ3n) is 4.88. The molecule has 0 aliphatic carbocycles. The Balaban J connectivity index is 1.62. The maximum absolute atomic E-state index is 12.7. The van der Waals surface area contributed by atoms with Crippen molar-refractivity contribution in [3.05, 3.63) is 87.9 Å². The van der Waals surface area contributed by atoms with Gasteiger partial charge < -0.3 is 10.1 Å². The Morgan fingerprint density at radius 1 is 0.938 bits per heavy atom. The van der Waals surface area contributed by atoms with E-state index in [4.69, 9.17) is 16.3 Å². The van der Waals surface area contributed by atoms with Gasteiger partial charge in [-0.2, -0.15) is 0 Å². The van der Waals surface area contributed by atoms with E-state index >= 15 is 0 Å². The lowest BCUT2D eigenvalue weighted by molar-refractivity contribution is 0.0947.